The zero-order valence-electron chi connectivity index (χ0n) is 14.2. The van der Waals surface area contributed by atoms with Crippen molar-refractivity contribution in [1.29, 1.82) is 0 Å². The van der Waals surface area contributed by atoms with Crippen molar-refractivity contribution < 1.29 is 22.7 Å². The molecule has 1 aromatic carbocycles. The molecule has 0 saturated carbocycles. The van der Waals surface area contributed by atoms with Gasteiger partial charge in [-0.1, -0.05) is 6.92 Å². The van der Waals surface area contributed by atoms with E-state index in [0.29, 0.717) is 6.54 Å². The Bertz CT molecular complexity index is 703. The van der Waals surface area contributed by atoms with Gasteiger partial charge in [-0.2, -0.15) is 0 Å². The lowest BCUT2D eigenvalue weighted by atomic mass is 10.2. The van der Waals surface area contributed by atoms with Gasteiger partial charge in [-0.3, -0.25) is 9.59 Å². The minimum absolute atomic E-state index is 0.111. The van der Waals surface area contributed by atoms with Crippen molar-refractivity contribution in [3.8, 4) is 5.75 Å². The van der Waals surface area contributed by atoms with Gasteiger partial charge in [-0.25, -0.2) is 13.1 Å². The summed E-state index contributed by atoms with van der Waals surface area (Å²) >= 11 is 0. The van der Waals surface area contributed by atoms with E-state index < -0.39 is 22.0 Å². The van der Waals surface area contributed by atoms with Crippen LogP contribution in [0, 0.1) is 0 Å². The Morgan fingerprint density at radius 2 is 1.96 bits per heavy atom. The van der Waals surface area contributed by atoms with Crippen molar-refractivity contribution in [2.75, 3.05) is 20.7 Å². The molecule has 0 aromatic heterocycles. The Hall–Kier alpha value is -2.13. The number of nitrogens with one attached hydrogen (secondary N) is 3. The Kier molecular flexibility index (Phi) is 7.18. The van der Waals surface area contributed by atoms with Gasteiger partial charge in [0.2, 0.25) is 15.9 Å². The highest BCUT2D eigenvalue weighted by Crippen LogP contribution is 2.24. The van der Waals surface area contributed by atoms with Crippen molar-refractivity contribution >= 4 is 21.8 Å². The second-order valence-corrected chi connectivity index (χ2v) is 6.91. The van der Waals surface area contributed by atoms with Gasteiger partial charge in [0.15, 0.2) is 0 Å². The van der Waals surface area contributed by atoms with Crippen LogP contribution >= 0.6 is 0 Å². The molecule has 1 atom stereocenters. The second kappa shape index (κ2) is 8.65. The van der Waals surface area contributed by atoms with E-state index in [1.54, 1.807) is 6.92 Å². The quantitative estimate of drug-likeness (QED) is 0.617. The number of sulfonamides is 1. The molecule has 134 valence electrons. The number of benzene rings is 1. The van der Waals surface area contributed by atoms with Gasteiger partial charge in [0.05, 0.1) is 7.11 Å². The molecule has 0 spiro atoms. The van der Waals surface area contributed by atoms with Crippen LogP contribution in [0.3, 0.4) is 0 Å². The van der Waals surface area contributed by atoms with Gasteiger partial charge in [0.25, 0.3) is 5.91 Å². The second-order valence-electron chi connectivity index (χ2n) is 5.06. The van der Waals surface area contributed by atoms with E-state index in [-0.39, 0.29) is 22.1 Å². The Morgan fingerprint density at radius 3 is 2.50 bits per heavy atom. The van der Waals surface area contributed by atoms with Gasteiger partial charge in [0, 0.05) is 12.1 Å². The summed E-state index contributed by atoms with van der Waals surface area (Å²) in [5, 5.41) is 5.20. The van der Waals surface area contributed by atoms with Crippen LogP contribution in [0.25, 0.3) is 0 Å². The third-order valence-corrected chi connectivity index (χ3v) is 4.71. The third kappa shape index (κ3) is 4.93. The number of amides is 2. The average molecular weight is 357 g/mol. The van der Waals surface area contributed by atoms with Crippen molar-refractivity contribution in [3.63, 3.8) is 0 Å². The Balaban J connectivity index is 3.00. The number of carbonyl (C=O) groups is 2. The van der Waals surface area contributed by atoms with E-state index in [1.165, 1.54) is 32.4 Å². The smallest absolute Gasteiger partial charge is 0.251 e. The maximum atomic E-state index is 12.3. The van der Waals surface area contributed by atoms with Gasteiger partial charge in [-0.05, 0) is 38.6 Å². The minimum atomic E-state index is -3.79. The molecule has 0 radical (unpaired) electrons. The van der Waals surface area contributed by atoms with Crippen LogP contribution in [0.2, 0.25) is 0 Å². The van der Waals surface area contributed by atoms with Crippen LogP contribution in [0.15, 0.2) is 23.1 Å². The van der Waals surface area contributed by atoms with Gasteiger partial charge in [-0.15, -0.1) is 0 Å². The Morgan fingerprint density at radius 1 is 1.29 bits per heavy atom. The fraction of sp³-hybridized carbons (Fsp3) is 0.467. The molecule has 0 bridgehead atoms. The summed E-state index contributed by atoms with van der Waals surface area (Å²) in [4.78, 5) is 23.9. The van der Waals surface area contributed by atoms with Crippen LogP contribution in [-0.4, -0.2) is 47.0 Å². The Labute approximate surface area is 142 Å². The van der Waals surface area contributed by atoms with E-state index in [4.69, 9.17) is 4.74 Å². The molecular formula is C15H23N3O5S. The van der Waals surface area contributed by atoms with E-state index >= 15 is 0 Å². The first-order chi connectivity index (χ1) is 11.3. The minimum Gasteiger partial charge on any atom is -0.495 e. The van der Waals surface area contributed by atoms with Gasteiger partial charge >= 0.3 is 0 Å². The lowest BCUT2D eigenvalue weighted by molar-refractivity contribution is -0.122. The zero-order chi connectivity index (χ0) is 18.3. The summed E-state index contributed by atoms with van der Waals surface area (Å²) in [6.07, 6.45) is 0.788. The lowest BCUT2D eigenvalue weighted by Gasteiger charge is -2.15. The molecule has 1 rings (SSSR count). The molecule has 24 heavy (non-hydrogen) atoms. The number of methoxy groups -OCH3 is 1. The first-order valence-corrected chi connectivity index (χ1v) is 8.95. The molecule has 0 aliphatic heterocycles. The summed E-state index contributed by atoms with van der Waals surface area (Å²) in [7, 11) is -1.19. The summed E-state index contributed by atoms with van der Waals surface area (Å²) in [6.45, 7) is 3.99. The van der Waals surface area contributed by atoms with Crippen molar-refractivity contribution in [1.82, 2.24) is 15.4 Å². The maximum Gasteiger partial charge on any atom is 0.251 e. The molecule has 0 unspecified atom stereocenters. The van der Waals surface area contributed by atoms with Gasteiger partial charge < -0.3 is 15.4 Å². The van der Waals surface area contributed by atoms with E-state index in [1.807, 2.05) is 6.92 Å². The molecule has 0 saturated heterocycles. The molecule has 2 amide bonds. The summed E-state index contributed by atoms with van der Waals surface area (Å²) < 4.78 is 31.2. The molecule has 3 N–H and O–H groups in total. The number of rotatable bonds is 8. The highest BCUT2D eigenvalue weighted by molar-refractivity contribution is 7.89. The fourth-order valence-electron chi connectivity index (χ4n) is 1.88. The van der Waals surface area contributed by atoms with Crippen LogP contribution in [0.5, 0.6) is 5.75 Å². The average Bonchev–Trinajstić information content (AvgIpc) is 2.58. The van der Waals surface area contributed by atoms with Crippen LogP contribution in [0.1, 0.15) is 30.6 Å². The molecule has 1 aromatic rings. The molecule has 8 nitrogen and oxygen atoms in total. The SMILES string of the molecule is CCCNC(=O)[C@@H](C)NC(=O)c1ccc(OC)c(S(=O)(=O)NC)c1. The zero-order valence-corrected chi connectivity index (χ0v) is 15.0. The molecule has 9 heteroatoms. The molecule has 0 aliphatic rings. The van der Waals surface area contributed by atoms with Crippen molar-refractivity contribution in [2.45, 2.75) is 31.2 Å². The predicted octanol–water partition coefficient (Wildman–Crippen LogP) is 0.248. The monoisotopic (exact) mass is 357 g/mol. The molecule has 0 aliphatic carbocycles. The van der Waals surface area contributed by atoms with Gasteiger partial charge in [0.1, 0.15) is 16.7 Å². The molecule has 0 fully saturated rings. The van der Waals surface area contributed by atoms with E-state index in [2.05, 4.69) is 15.4 Å². The largest absolute Gasteiger partial charge is 0.495 e. The summed E-state index contributed by atoms with van der Waals surface area (Å²) in [5.41, 5.74) is 0.111. The number of hydrogen-bond donors (Lipinski definition) is 3. The third-order valence-electron chi connectivity index (χ3n) is 3.27. The van der Waals surface area contributed by atoms with Crippen molar-refractivity contribution in [3.05, 3.63) is 23.8 Å². The molecular weight excluding hydrogens is 334 g/mol. The van der Waals surface area contributed by atoms with Crippen molar-refractivity contribution in [2.24, 2.45) is 0 Å². The number of ether oxygens (including phenoxy) is 1. The highest BCUT2D eigenvalue weighted by atomic mass is 32.2. The van der Waals surface area contributed by atoms with Crippen LogP contribution in [0.4, 0.5) is 0 Å². The predicted molar refractivity (Wildman–Crippen MR) is 89.5 cm³/mol. The lowest BCUT2D eigenvalue weighted by Crippen LogP contribution is -2.45. The van der Waals surface area contributed by atoms with E-state index in [0.717, 1.165) is 6.42 Å². The summed E-state index contributed by atoms with van der Waals surface area (Å²) in [6, 6.07) is 3.28. The maximum absolute atomic E-state index is 12.3. The summed E-state index contributed by atoms with van der Waals surface area (Å²) in [5.74, 6) is -0.735. The highest BCUT2D eigenvalue weighted by Gasteiger charge is 2.22. The topological polar surface area (TPSA) is 114 Å². The molecule has 0 heterocycles. The number of carbonyl (C=O) groups excluding carboxylic acids is 2. The fourth-order valence-corrected chi connectivity index (χ4v) is 2.80. The first-order valence-electron chi connectivity index (χ1n) is 7.47. The first kappa shape index (κ1) is 19.9. The normalized spacial score (nSPS) is 12.3. The van der Waals surface area contributed by atoms with E-state index in [9.17, 15) is 18.0 Å². The standard InChI is InChI=1S/C15H23N3O5S/c1-5-8-17-14(19)10(2)18-15(20)11-6-7-12(23-4)13(9-11)24(21,22)16-3/h6-7,9-10,16H,5,8H2,1-4H3,(H,17,19)(H,18,20)/t10-/m1/s1. The number of hydrogen-bond acceptors (Lipinski definition) is 5. The van der Waals surface area contributed by atoms with Crippen LogP contribution in [-0.2, 0) is 14.8 Å². The van der Waals surface area contributed by atoms with Crippen LogP contribution < -0.4 is 20.1 Å².